The molecule has 6 heteroatoms. The van der Waals surface area contributed by atoms with Crippen LogP contribution in [0.2, 0.25) is 0 Å². The molecule has 1 rings (SSSR count). The van der Waals surface area contributed by atoms with Gasteiger partial charge in [-0.1, -0.05) is 13.3 Å². The Kier molecular flexibility index (Phi) is 5.34. The zero-order valence-electron chi connectivity index (χ0n) is 9.32. The van der Waals surface area contributed by atoms with E-state index in [1.54, 1.807) is 0 Å². The summed E-state index contributed by atoms with van der Waals surface area (Å²) in [5.74, 6) is -1.32. The molecule has 0 fully saturated rings. The van der Waals surface area contributed by atoms with Crippen LogP contribution >= 0.6 is 15.9 Å². The summed E-state index contributed by atoms with van der Waals surface area (Å²) < 4.78 is 26.5. The van der Waals surface area contributed by atoms with E-state index in [2.05, 4.69) is 26.6 Å². The Morgan fingerprint density at radius 2 is 2.06 bits per heavy atom. The average Bonchev–Trinajstić information content (AvgIpc) is 2.26. The molecule has 0 aliphatic rings. The summed E-state index contributed by atoms with van der Waals surface area (Å²) in [7, 11) is 0. The van der Waals surface area contributed by atoms with E-state index in [0.717, 1.165) is 25.0 Å². The molecule has 0 aliphatic heterocycles. The number of hydrogen-bond donors (Lipinski definition) is 2. The minimum atomic E-state index is -0.691. The molecule has 0 aromatic heterocycles. The van der Waals surface area contributed by atoms with E-state index in [4.69, 9.17) is 0 Å². The normalized spacial score (nSPS) is 10.1. The van der Waals surface area contributed by atoms with Gasteiger partial charge in [-0.3, -0.25) is 0 Å². The molecule has 0 aliphatic carbocycles. The van der Waals surface area contributed by atoms with Crippen LogP contribution in [0.25, 0.3) is 0 Å². The number of unbranched alkanes of at least 4 members (excludes halogenated alkanes) is 1. The number of anilines is 1. The fourth-order valence-electron chi connectivity index (χ4n) is 1.16. The molecule has 17 heavy (non-hydrogen) atoms. The molecule has 2 amide bonds. The van der Waals surface area contributed by atoms with Crippen LogP contribution in [0.5, 0.6) is 0 Å². The Labute approximate surface area is 107 Å². The predicted octanol–water partition coefficient (Wildman–Crippen LogP) is 3.65. The van der Waals surface area contributed by atoms with Crippen LogP contribution in [0, 0.1) is 11.6 Å². The summed E-state index contributed by atoms with van der Waals surface area (Å²) in [6.07, 6.45) is 1.78. The number of carbonyl (C=O) groups is 1. The first-order chi connectivity index (χ1) is 8.04. The van der Waals surface area contributed by atoms with Crippen molar-refractivity contribution >= 4 is 27.6 Å². The topological polar surface area (TPSA) is 41.1 Å². The molecular weight excluding hydrogens is 294 g/mol. The van der Waals surface area contributed by atoms with Gasteiger partial charge in [-0.15, -0.1) is 0 Å². The number of hydrogen-bond acceptors (Lipinski definition) is 1. The van der Waals surface area contributed by atoms with Crippen molar-refractivity contribution in [3.63, 3.8) is 0 Å². The van der Waals surface area contributed by atoms with Crippen LogP contribution in [0.3, 0.4) is 0 Å². The van der Waals surface area contributed by atoms with Gasteiger partial charge in [0.1, 0.15) is 11.6 Å². The molecule has 1 aromatic rings. The monoisotopic (exact) mass is 306 g/mol. The second kappa shape index (κ2) is 6.54. The molecule has 0 saturated carbocycles. The van der Waals surface area contributed by atoms with Crippen molar-refractivity contribution in [3.8, 4) is 0 Å². The van der Waals surface area contributed by atoms with Gasteiger partial charge in [0.15, 0.2) is 0 Å². The highest BCUT2D eigenvalue weighted by molar-refractivity contribution is 9.10. The molecule has 0 saturated heterocycles. The Bertz CT molecular complexity index is 413. The van der Waals surface area contributed by atoms with Crippen molar-refractivity contribution in [1.29, 1.82) is 0 Å². The number of amides is 2. The van der Waals surface area contributed by atoms with Gasteiger partial charge in [-0.2, -0.15) is 0 Å². The lowest BCUT2D eigenvalue weighted by Gasteiger charge is -2.08. The van der Waals surface area contributed by atoms with Crippen molar-refractivity contribution in [1.82, 2.24) is 5.32 Å². The Hall–Kier alpha value is -1.17. The fraction of sp³-hybridized carbons (Fsp3) is 0.364. The fourth-order valence-corrected chi connectivity index (χ4v) is 1.48. The predicted molar refractivity (Wildman–Crippen MR) is 66.0 cm³/mol. The van der Waals surface area contributed by atoms with Crippen molar-refractivity contribution in [3.05, 3.63) is 28.2 Å². The number of urea groups is 1. The van der Waals surface area contributed by atoms with Crippen LogP contribution in [-0.4, -0.2) is 12.6 Å². The highest BCUT2D eigenvalue weighted by atomic mass is 79.9. The molecule has 0 unspecified atom stereocenters. The van der Waals surface area contributed by atoms with Crippen LogP contribution in [-0.2, 0) is 0 Å². The van der Waals surface area contributed by atoms with Gasteiger partial charge in [0, 0.05) is 12.6 Å². The number of carbonyl (C=O) groups excluding carboxylic acids is 1. The van der Waals surface area contributed by atoms with Crippen LogP contribution in [0.4, 0.5) is 19.3 Å². The summed E-state index contributed by atoms with van der Waals surface area (Å²) in [5, 5.41) is 4.79. The lowest BCUT2D eigenvalue weighted by Crippen LogP contribution is -2.29. The molecule has 1 aromatic carbocycles. The maximum Gasteiger partial charge on any atom is 0.319 e. The highest BCUT2D eigenvalue weighted by Crippen LogP contribution is 2.23. The quantitative estimate of drug-likeness (QED) is 0.647. The number of nitrogens with one attached hydrogen (secondary N) is 2. The van der Waals surface area contributed by atoms with Crippen molar-refractivity contribution in [2.24, 2.45) is 0 Å². The zero-order chi connectivity index (χ0) is 12.8. The highest BCUT2D eigenvalue weighted by Gasteiger charge is 2.10. The summed E-state index contributed by atoms with van der Waals surface area (Å²) in [6.45, 7) is 2.49. The van der Waals surface area contributed by atoms with Crippen molar-refractivity contribution in [2.45, 2.75) is 19.8 Å². The third-order valence-electron chi connectivity index (χ3n) is 2.07. The van der Waals surface area contributed by atoms with Crippen molar-refractivity contribution < 1.29 is 13.6 Å². The molecule has 94 valence electrons. The van der Waals surface area contributed by atoms with Gasteiger partial charge in [0.2, 0.25) is 0 Å². The minimum absolute atomic E-state index is 0.0203. The summed E-state index contributed by atoms with van der Waals surface area (Å²) in [5.41, 5.74) is -0.181. The first-order valence-corrected chi connectivity index (χ1v) is 6.03. The second-order valence-electron chi connectivity index (χ2n) is 3.48. The molecule has 0 bridgehead atoms. The largest absolute Gasteiger partial charge is 0.338 e. The zero-order valence-corrected chi connectivity index (χ0v) is 10.9. The summed E-state index contributed by atoms with van der Waals surface area (Å²) >= 11 is 2.85. The van der Waals surface area contributed by atoms with Crippen LogP contribution in [0.15, 0.2) is 16.6 Å². The maximum absolute atomic E-state index is 13.3. The molecular formula is C11H13BrF2N2O. The second-order valence-corrected chi connectivity index (χ2v) is 4.33. The van der Waals surface area contributed by atoms with Crippen LogP contribution in [0.1, 0.15) is 19.8 Å². The van der Waals surface area contributed by atoms with E-state index in [1.807, 2.05) is 6.92 Å². The van der Waals surface area contributed by atoms with E-state index in [-0.39, 0.29) is 10.2 Å². The average molecular weight is 307 g/mol. The van der Waals surface area contributed by atoms with Gasteiger partial charge in [-0.05, 0) is 28.4 Å². The molecule has 0 atom stereocenters. The van der Waals surface area contributed by atoms with Crippen molar-refractivity contribution in [2.75, 3.05) is 11.9 Å². The molecule has 3 nitrogen and oxygen atoms in total. The Morgan fingerprint density at radius 3 is 2.71 bits per heavy atom. The van der Waals surface area contributed by atoms with E-state index < -0.39 is 17.7 Å². The van der Waals surface area contributed by atoms with Gasteiger partial charge in [0.25, 0.3) is 0 Å². The minimum Gasteiger partial charge on any atom is -0.338 e. The first kappa shape index (κ1) is 13.9. The number of benzene rings is 1. The standard InChI is InChI=1S/C11H13BrF2N2O/c1-2-3-4-15-11(17)16-10-6-8(13)7(12)5-9(10)14/h5-6H,2-4H2,1H3,(H2,15,16,17). The maximum atomic E-state index is 13.3. The van der Waals surface area contributed by atoms with E-state index >= 15 is 0 Å². The van der Waals surface area contributed by atoms with Gasteiger partial charge in [0.05, 0.1) is 10.2 Å². The first-order valence-electron chi connectivity index (χ1n) is 5.24. The number of halogens is 3. The summed E-state index contributed by atoms with van der Waals surface area (Å²) in [6, 6.07) is 1.36. The Morgan fingerprint density at radius 1 is 1.35 bits per heavy atom. The third kappa shape index (κ3) is 4.30. The molecule has 2 N–H and O–H groups in total. The SMILES string of the molecule is CCCCNC(=O)Nc1cc(F)c(Br)cc1F. The molecule has 0 spiro atoms. The van der Waals surface area contributed by atoms with Gasteiger partial charge in [-0.25, -0.2) is 13.6 Å². The van der Waals surface area contributed by atoms with E-state index in [0.29, 0.717) is 6.54 Å². The number of rotatable bonds is 4. The van der Waals surface area contributed by atoms with E-state index in [9.17, 15) is 13.6 Å². The van der Waals surface area contributed by atoms with Gasteiger partial charge >= 0.3 is 6.03 Å². The Balaban J connectivity index is 2.62. The molecule has 0 radical (unpaired) electrons. The summed E-state index contributed by atoms with van der Waals surface area (Å²) in [4.78, 5) is 11.3. The van der Waals surface area contributed by atoms with E-state index in [1.165, 1.54) is 0 Å². The smallest absolute Gasteiger partial charge is 0.319 e. The lowest BCUT2D eigenvalue weighted by atomic mass is 10.3. The van der Waals surface area contributed by atoms with Gasteiger partial charge < -0.3 is 10.6 Å². The lowest BCUT2D eigenvalue weighted by molar-refractivity contribution is 0.252. The third-order valence-corrected chi connectivity index (χ3v) is 2.68. The molecule has 0 heterocycles. The van der Waals surface area contributed by atoms with Crippen LogP contribution < -0.4 is 10.6 Å².